The van der Waals surface area contributed by atoms with Gasteiger partial charge in [-0.25, -0.2) is 0 Å². The predicted molar refractivity (Wildman–Crippen MR) is 94.5 cm³/mol. The lowest BCUT2D eigenvalue weighted by Crippen LogP contribution is -2.04. The fourth-order valence-corrected chi connectivity index (χ4v) is 2.99. The number of carbonyl (C=O) groups excluding carboxylic acids is 2. The average molecular weight is 346 g/mol. The number of rotatable bonds is 8. The first-order valence-electron chi connectivity index (χ1n) is 8.41. The van der Waals surface area contributed by atoms with Crippen molar-refractivity contribution >= 4 is 11.9 Å². The summed E-state index contributed by atoms with van der Waals surface area (Å²) in [6, 6.07) is 0. The lowest BCUT2D eigenvalue weighted by molar-refractivity contribution is -0.141. The summed E-state index contributed by atoms with van der Waals surface area (Å²) in [6.45, 7) is 4.10. The van der Waals surface area contributed by atoms with Gasteiger partial charge in [0.1, 0.15) is 0 Å². The van der Waals surface area contributed by atoms with Crippen molar-refractivity contribution in [3.63, 3.8) is 0 Å². The van der Waals surface area contributed by atoms with Crippen LogP contribution in [0.5, 0.6) is 0 Å². The molecule has 2 N–H and O–H groups in total. The molecule has 2 rings (SSSR count). The molecule has 2 aromatic heterocycles. The Morgan fingerprint density at radius 1 is 0.920 bits per heavy atom. The smallest absolute Gasteiger partial charge is 0.305 e. The van der Waals surface area contributed by atoms with Crippen LogP contribution in [0.2, 0.25) is 0 Å². The number of aromatic nitrogens is 2. The van der Waals surface area contributed by atoms with Gasteiger partial charge < -0.3 is 19.4 Å². The molecule has 0 fully saturated rings. The predicted octanol–water partition coefficient (Wildman–Crippen LogP) is 2.76. The zero-order chi connectivity index (χ0) is 18.4. The molecule has 0 aliphatic rings. The maximum Gasteiger partial charge on any atom is 0.305 e. The second kappa shape index (κ2) is 8.55. The molecule has 136 valence electrons. The summed E-state index contributed by atoms with van der Waals surface area (Å²) in [5.41, 5.74) is 6.81. The third-order valence-electron chi connectivity index (χ3n) is 4.64. The molecule has 0 radical (unpaired) electrons. The highest BCUT2D eigenvalue weighted by molar-refractivity contribution is 5.70. The number of methoxy groups -OCH3 is 2. The first-order valence-corrected chi connectivity index (χ1v) is 8.41. The van der Waals surface area contributed by atoms with Crippen LogP contribution in [0, 0.1) is 13.8 Å². The van der Waals surface area contributed by atoms with Crippen LogP contribution in [0.1, 0.15) is 46.5 Å². The average Bonchev–Trinajstić information content (AvgIpc) is 3.14. The van der Waals surface area contributed by atoms with Crippen LogP contribution < -0.4 is 0 Å². The van der Waals surface area contributed by atoms with Crippen molar-refractivity contribution < 1.29 is 19.1 Å². The molecule has 6 heteroatoms. The summed E-state index contributed by atoms with van der Waals surface area (Å²) in [5, 5.41) is 0. The maximum atomic E-state index is 11.4. The molecule has 0 aliphatic heterocycles. The number of ether oxygens (including phenoxy) is 2. The first kappa shape index (κ1) is 18.8. The van der Waals surface area contributed by atoms with Gasteiger partial charge in [0.05, 0.1) is 14.2 Å². The highest BCUT2D eigenvalue weighted by atomic mass is 16.5. The van der Waals surface area contributed by atoms with Gasteiger partial charge in [-0.05, 0) is 48.9 Å². The van der Waals surface area contributed by atoms with Gasteiger partial charge >= 0.3 is 11.9 Å². The Hall–Kier alpha value is -2.50. The summed E-state index contributed by atoms with van der Waals surface area (Å²) in [7, 11) is 2.81. The van der Waals surface area contributed by atoms with Crippen molar-refractivity contribution in [2.45, 2.75) is 46.0 Å². The maximum absolute atomic E-state index is 11.4. The van der Waals surface area contributed by atoms with Crippen LogP contribution >= 0.6 is 0 Å². The molecule has 0 spiro atoms. The van der Waals surface area contributed by atoms with E-state index in [1.54, 1.807) is 0 Å². The SMILES string of the molecule is COC(=O)CCc1c[nH]c(Cc2[nH]cc(C)c2CCC(=O)OC)c1C. The lowest BCUT2D eigenvalue weighted by Gasteiger charge is -2.06. The van der Waals surface area contributed by atoms with Crippen molar-refractivity contribution in [1.82, 2.24) is 9.97 Å². The number of H-pyrrole nitrogens is 2. The van der Waals surface area contributed by atoms with Crippen LogP contribution in [-0.2, 0) is 38.3 Å². The number of aryl methyl sites for hydroxylation is 2. The lowest BCUT2D eigenvalue weighted by atomic mass is 10.0. The van der Waals surface area contributed by atoms with E-state index in [0.717, 1.165) is 40.1 Å². The minimum Gasteiger partial charge on any atom is -0.469 e. The Morgan fingerprint density at radius 2 is 1.52 bits per heavy atom. The number of esters is 2. The first-order chi connectivity index (χ1) is 12.0. The van der Waals surface area contributed by atoms with Crippen LogP contribution in [-0.4, -0.2) is 36.1 Å². The molecule has 0 unspecified atom stereocenters. The third kappa shape index (κ3) is 4.75. The summed E-state index contributed by atoms with van der Waals surface area (Å²) in [6.07, 6.45) is 6.72. The third-order valence-corrected chi connectivity index (χ3v) is 4.64. The second-order valence-electron chi connectivity index (χ2n) is 6.18. The van der Waals surface area contributed by atoms with Crippen LogP contribution in [0.25, 0.3) is 0 Å². The van der Waals surface area contributed by atoms with E-state index in [9.17, 15) is 9.59 Å². The summed E-state index contributed by atoms with van der Waals surface area (Å²) < 4.78 is 9.43. The molecule has 0 saturated carbocycles. The molecular formula is C19H26N2O4. The normalized spacial score (nSPS) is 10.7. The molecule has 0 amide bonds. The minimum atomic E-state index is -0.202. The van der Waals surface area contributed by atoms with Gasteiger partial charge in [-0.15, -0.1) is 0 Å². The number of hydrogen-bond donors (Lipinski definition) is 2. The van der Waals surface area contributed by atoms with Crippen molar-refractivity contribution in [3.8, 4) is 0 Å². The van der Waals surface area contributed by atoms with Gasteiger partial charge in [0.2, 0.25) is 0 Å². The Bertz CT molecular complexity index is 743. The van der Waals surface area contributed by atoms with Crippen molar-refractivity contribution in [3.05, 3.63) is 46.0 Å². The number of nitrogens with one attached hydrogen (secondary N) is 2. The Balaban J connectivity index is 2.09. The molecular weight excluding hydrogens is 320 g/mol. The van der Waals surface area contributed by atoms with Gasteiger partial charge in [-0.1, -0.05) is 0 Å². The molecule has 25 heavy (non-hydrogen) atoms. The highest BCUT2D eigenvalue weighted by Gasteiger charge is 2.15. The van der Waals surface area contributed by atoms with E-state index < -0.39 is 0 Å². The van der Waals surface area contributed by atoms with Gasteiger partial charge in [0, 0.05) is 43.0 Å². The monoisotopic (exact) mass is 346 g/mol. The number of carbonyl (C=O) groups is 2. The molecule has 2 aromatic rings. The van der Waals surface area contributed by atoms with Crippen LogP contribution in [0.4, 0.5) is 0 Å². The van der Waals surface area contributed by atoms with E-state index >= 15 is 0 Å². The van der Waals surface area contributed by atoms with E-state index in [-0.39, 0.29) is 11.9 Å². The number of hydrogen-bond acceptors (Lipinski definition) is 4. The summed E-state index contributed by atoms with van der Waals surface area (Å²) in [4.78, 5) is 29.4. The quantitative estimate of drug-likeness (QED) is 0.720. The Labute approximate surface area is 147 Å². The zero-order valence-electron chi connectivity index (χ0n) is 15.3. The van der Waals surface area contributed by atoms with Crippen molar-refractivity contribution in [1.29, 1.82) is 0 Å². The van der Waals surface area contributed by atoms with E-state index in [0.29, 0.717) is 25.7 Å². The highest BCUT2D eigenvalue weighted by Crippen LogP contribution is 2.22. The van der Waals surface area contributed by atoms with Crippen molar-refractivity contribution in [2.24, 2.45) is 0 Å². The van der Waals surface area contributed by atoms with Gasteiger partial charge in [-0.2, -0.15) is 0 Å². The Kier molecular flexibility index (Phi) is 6.44. The van der Waals surface area contributed by atoms with E-state index in [4.69, 9.17) is 9.47 Å². The molecule has 6 nitrogen and oxygen atoms in total. The van der Waals surface area contributed by atoms with E-state index in [1.165, 1.54) is 14.2 Å². The van der Waals surface area contributed by atoms with Crippen LogP contribution in [0.15, 0.2) is 12.4 Å². The largest absolute Gasteiger partial charge is 0.469 e. The molecule has 0 bridgehead atoms. The van der Waals surface area contributed by atoms with E-state index in [1.807, 2.05) is 19.3 Å². The zero-order valence-corrected chi connectivity index (χ0v) is 15.3. The van der Waals surface area contributed by atoms with Gasteiger partial charge in [0.15, 0.2) is 0 Å². The fraction of sp³-hybridized carbons (Fsp3) is 0.474. The van der Waals surface area contributed by atoms with E-state index in [2.05, 4.69) is 16.9 Å². The van der Waals surface area contributed by atoms with Gasteiger partial charge in [-0.3, -0.25) is 9.59 Å². The molecule has 0 aliphatic carbocycles. The molecule has 2 heterocycles. The fourth-order valence-electron chi connectivity index (χ4n) is 2.99. The minimum absolute atomic E-state index is 0.201. The summed E-state index contributed by atoms with van der Waals surface area (Å²) >= 11 is 0. The Morgan fingerprint density at radius 3 is 2.16 bits per heavy atom. The standard InChI is InChI=1S/C19H26N2O4/c1-12-10-20-17(15(12)6-8-19(23)25-4)9-16-13(2)14(11-21-16)5-7-18(22)24-3/h10-11,20-21H,5-9H2,1-4H3. The molecule has 0 saturated heterocycles. The molecule has 0 atom stereocenters. The topological polar surface area (TPSA) is 84.2 Å². The van der Waals surface area contributed by atoms with Crippen molar-refractivity contribution in [2.75, 3.05) is 14.2 Å². The number of aromatic amines is 2. The van der Waals surface area contributed by atoms with Crippen LogP contribution in [0.3, 0.4) is 0 Å². The molecule has 0 aromatic carbocycles. The second-order valence-corrected chi connectivity index (χ2v) is 6.18. The summed E-state index contributed by atoms with van der Waals surface area (Å²) in [5.74, 6) is -0.403. The van der Waals surface area contributed by atoms with Gasteiger partial charge in [0.25, 0.3) is 0 Å².